The molecular formula is C10H15ClN4O. The van der Waals surface area contributed by atoms with Crippen molar-refractivity contribution in [2.24, 2.45) is 0 Å². The molecule has 0 saturated heterocycles. The molecule has 1 aliphatic rings. The topological polar surface area (TPSA) is 70.9 Å². The van der Waals surface area contributed by atoms with Gasteiger partial charge in [-0.1, -0.05) is 11.6 Å². The Labute approximate surface area is 99.3 Å². The van der Waals surface area contributed by atoms with Gasteiger partial charge in [-0.2, -0.15) is 0 Å². The summed E-state index contributed by atoms with van der Waals surface area (Å²) in [6, 6.07) is 0.325. The summed E-state index contributed by atoms with van der Waals surface area (Å²) in [4.78, 5) is 4.21. The molecule has 6 heteroatoms. The Morgan fingerprint density at radius 3 is 2.56 bits per heavy atom. The first kappa shape index (κ1) is 11.5. The summed E-state index contributed by atoms with van der Waals surface area (Å²) >= 11 is 5.75. The van der Waals surface area contributed by atoms with E-state index in [1.165, 1.54) is 0 Å². The highest BCUT2D eigenvalue weighted by molar-refractivity contribution is 6.29. The van der Waals surface area contributed by atoms with E-state index in [1.807, 2.05) is 0 Å². The molecule has 1 fully saturated rings. The van der Waals surface area contributed by atoms with Crippen molar-refractivity contribution in [3.05, 3.63) is 10.8 Å². The number of aryl methyl sites for hydroxylation is 1. The highest BCUT2D eigenvalue weighted by Crippen LogP contribution is 2.21. The number of nitrogens with zero attached hydrogens (tertiary/aromatic N) is 3. The highest BCUT2D eigenvalue weighted by Gasteiger charge is 2.20. The standard InChI is InChI=1S/C10H15ClN4O/c1-6-9(11)14-15-10(12-6)13-7-2-4-8(16)5-3-7/h7-8,16H,2-5H2,1H3,(H,12,13,15). The fourth-order valence-corrected chi connectivity index (χ4v) is 1.93. The predicted molar refractivity (Wildman–Crippen MR) is 61.5 cm³/mol. The highest BCUT2D eigenvalue weighted by atomic mass is 35.5. The Kier molecular flexibility index (Phi) is 3.56. The molecule has 1 aliphatic carbocycles. The molecule has 0 atom stereocenters. The maximum Gasteiger partial charge on any atom is 0.243 e. The summed E-state index contributed by atoms with van der Waals surface area (Å²) in [6.45, 7) is 1.80. The van der Waals surface area contributed by atoms with Crippen molar-refractivity contribution in [2.45, 2.75) is 44.8 Å². The molecule has 1 heterocycles. The van der Waals surface area contributed by atoms with Crippen LogP contribution in [0.25, 0.3) is 0 Å². The van der Waals surface area contributed by atoms with E-state index in [0.717, 1.165) is 25.7 Å². The number of nitrogens with one attached hydrogen (secondary N) is 1. The normalized spacial score (nSPS) is 25.4. The van der Waals surface area contributed by atoms with Crippen LogP contribution in [0.1, 0.15) is 31.4 Å². The molecule has 2 rings (SSSR count). The number of halogens is 1. The van der Waals surface area contributed by atoms with Crippen LogP contribution in [0.5, 0.6) is 0 Å². The Morgan fingerprint density at radius 2 is 1.94 bits per heavy atom. The second-order valence-corrected chi connectivity index (χ2v) is 4.52. The summed E-state index contributed by atoms with van der Waals surface area (Å²) in [6.07, 6.45) is 3.39. The SMILES string of the molecule is Cc1nc(NC2CCC(O)CC2)nnc1Cl. The van der Waals surface area contributed by atoms with Gasteiger partial charge in [-0.15, -0.1) is 10.2 Å². The van der Waals surface area contributed by atoms with Gasteiger partial charge >= 0.3 is 0 Å². The zero-order valence-electron chi connectivity index (χ0n) is 9.15. The minimum absolute atomic E-state index is 0.149. The second-order valence-electron chi connectivity index (χ2n) is 4.16. The molecule has 0 amide bonds. The van der Waals surface area contributed by atoms with Gasteiger partial charge in [0.1, 0.15) is 0 Å². The first-order valence-electron chi connectivity index (χ1n) is 5.46. The lowest BCUT2D eigenvalue weighted by Crippen LogP contribution is -2.29. The molecule has 2 N–H and O–H groups in total. The van der Waals surface area contributed by atoms with Gasteiger partial charge in [0, 0.05) is 6.04 Å². The van der Waals surface area contributed by atoms with Gasteiger partial charge in [0.05, 0.1) is 11.8 Å². The Hall–Kier alpha value is -0.940. The van der Waals surface area contributed by atoms with Crippen LogP contribution in [-0.2, 0) is 0 Å². The summed E-state index contributed by atoms with van der Waals surface area (Å²) < 4.78 is 0. The summed E-state index contributed by atoms with van der Waals surface area (Å²) in [5.41, 5.74) is 0.676. The van der Waals surface area contributed by atoms with Gasteiger partial charge in [0.2, 0.25) is 5.95 Å². The summed E-state index contributed by atoms with van der Waals surface area (Å²) in [5.74, 6) is 0.517. The van der Waals surface area contributed by atoms with Gasteiger partial charge in [0.15, 0.2) is 5.15 Å². The second kappa shape index (κ2) is 4.93. The van der Waals surface area contributed by atoms with Crippen LogP contribution in [0.3, 0.4) is 0 Å². The van der Waals surface area contributed by atoms with Crippen LogP contribution in [-0.4, -0.2) is 32.4 Å². The molecular weight excluding hydrogens is 228 g/mol. The Balaban J connectivity index is 1.96. The van der Waals surface area contributed by atoms with Crippen molar-refractivity contribution in [3.8, 4) is 0 Å². The maximum atomic E-state index is 9.38. The first-order chi connectivity index (χ1) is 7.65. The third kappa shape index (κ3) is 2.80. The lowest BCUT2D eigenvalue weighted by Gasteiger charge is -2.25. The lowest BCUT2D eigenvalue weighted by molar-refractivity contribution is 0.126. The molecule has 0 bridgehead atoms. The molecule has 16 heavy (non-hydrogen) atoms. The van der Waals surface area contributed by atoms with E-state index >= 15 is 0 Å². The summed E-state index contributed by atoms with van der Waals surface area (Å²) in [5, 5.41) is 20.6. The molecule has 0 aliphatic heterocycles. The summed E-state index contributed by atoms with van der Waals surface area (Å²) in [7, 11) is 0. The van der Waals surface area contributed by atoms with Gasteiger partial charge in [0.25, 0.3) is 0 Å². The average Bonchev–Trinajstić information content (AvgIpc) is 2.27. The van der Waals surface area contributed by atoms with Crippen molar-refractivity contribution < 1.29 is 5.11 Å². The third-order valence-electron chi connectivity index (χ3n) is 2.83. The van der Waals surface area contributed by atoms with Crippen LogP contribution >= 0.6 is 11.6 Å². The number of aliphatic hydroxyl groups is 1. The zero-order chi connectivity index (χ0) is 11.5. The Bertz CT molecular complexity index is 366. The van der Waals surface area contributed by atoms with Gasteiger partial charge in [-0.3, -0.25) is 0 Å². The number of hydrogen-bond acceptors (Lipinski definition) is 5. The number of anilines is 1. The van der Waals surface area contributed by atoms with E-state index in [1.54, 1.807) is 6.92 Å². The maximum absolute atomic E-state index is 9.38. The van der Waals surface area contributed by atoms with E-state index in [2.05, 4.69) is 20.5 Å². The van der Waals surface area contributed by atoms with Crippen LogP contribution in [0, 0.1) is 6.92 Å². The van der Waals surface area contributed by atoms with E-state index < -0.39 is 0 Å². The van der Waals surface area contributed by atoms with E-state index in [9.17, 15) is 5.11 Å². The van der Waals surface area contributed by atoms with Crippen molar-refractivity contribution in [1.29, 1.82) is 0 Å². The van der Waals surface area contributed by atoms with Gasteiger partial charge < -0.3 is 10.4 Å². The third-order valence-corrected chi connectivity index (χ3v) is 3.18. The van der Waals surface area contributed by atoms with Crippen LogP contribution in [0.2, 0.25) is 5.15 Å². The molecule has 0 radical (unpaired) electrons. The monoisotopic (exact) mass is 242 g/mol. The van der Waals surface area contributed by atoms with Crippen LogP contribution in [0.4, 0.5) is 5.95 Å². The molecule has 1 aromatic rings. The van der Waals surface area contributed by atoms with E-state index in [4.69, 9.17) is 11.6 Å². The average molecular weight is 243 g/mol. The van der Waals surface area contributed by atoms with Gasteiger partial charge in [-0.25, -0.2) is 4.98 Å². The molecule has 5 nitrogen and oxygen atoms in total. The fourth-order valence-electron chi connectivity index (χ4n) is 1.85. The smallest absolute Gasteiger partial charge is 0.243 e. The number of hydrogen-bond donors (Lipinski definition) is 2. The van der Waals surface area contributed by atoms with Crippen molar-refractivity contribution >= 4 is 17.5 Å². The Morgan fingerprint density at radius 1 is 1.25 bits per heavy atom. The molecule has 0 unspecified atom stereocenters. The predicted octanol–water partition coefficient (Wildman–Crippen LogP) is 1.55. The quantitative estimate of drug-likeness (QED) is 0.823. The minimum atomic E-state index is -0.149. The largest absolute Gasteiger partial charge is 0.393 e. The molecule has 1 saturated carbocycles. The van der Waals surface area contributed by atoms with Crippen molar-refractivity contribution in [3.63, 3.8) is 0 Å². The van der Waals surface area contributed by atoms with E-state index in [0.29, 0.717) is 22.8 Å². The van der Waals surface area contributed by atoms with Crippen LogP contribution in [0.15, 0.2) is 0 Å². The number of aromatic nitrogens is 3. The van der Waals surface area contributed by atoms with Crippen LogP contribution < -0.4 is 5.32 Å². The first-order valence-corrected chi connectivity index (χ1v) is 5.84. The fraction of sp³-hybridized carbons (Fsp3) is 0.700. The molecule has 0 spiro atoms. The van der Waals surface area contributed by atoms with E-state index in [-0.39, 0.29) is 6.10 Å². The molecule has 88 valence electrons. The lowest BCUT2D eigenvalue weighted by atomic mass is 9.93. The zero-order valence-corrected chi connectivity index (χ0v) is 9.91. The number of rotatable bonds is 2. The van der Waals surface area contributed by atoms with Crippen molar-refractivity contribution in [2.75, 3.05) is 5.32 Å². The van der Waals surface area contributed by atoms with Gasteiger partial charge in [-0.05, 0) is 32.6 Å². The molecule has 1 aromatic heterocycles. The minimum Gasteiger partial charge on any atom is -0.393 e. The molecule has 0 aromatic carbocycles. The van der Waals surface area contributed by atoms with Crippen molar-refractivity contribution in [1.82, 2.24) is 15.2 Å². The number of aliphatic hydroxyl groups excluding tert-OH is 1.